The Morgan fingerprint density at radius 2 is 1.50 bits per heavy atom. The van der Waals surface area contributed by atoms with Gasteiger partial charge in [0, 0.05) is 24.4 Å². The summed E-state index contributed by atoms with van der Waals surface area (Å²) in [4.78, 5) is 21.6. The third-order valence-corrected chi connectivity index (χ3v) is 2.58. The molecule has 94 valence electrons. The SMILES string of the molecule is COC(=O)CCN(CCC(=O)OC)S(=O)[O-]. The fourth-order valence-corrected chi connectivity index (χ4v) is 1.38. The van der Waals surface area contributed by atoms with E-state index in [9.17, 15) is 18.4 Å². The number of rotatable bonds is 7. The lowest BCUT2D eigenvalue weighted by atomic mass is 10.4. The predicted molar refractivity (Wildman–Crippen MR) is 53.8 cm³/mol. The van der Waals surface area contributed by atoms with Gasteiger partial charge < -0.3 is 14.0 Å². The van der Waals surface area contributed by atoms with Crippen LogP contribution in [0.1, 0.15) is 12.8 Å². The van der Waals surface area contributed by atoms with Crippen LogP contribution < -0.4 is 0 Å². The molecule has 0 saturated heterocycles. The Bertz CT molecular complexity index is 249. The lowest BCUT2D eigenvalue weighted by Crippen LogP contribution is -2.31. The molecule has 0 N–H and O–H groups in total. The second-order valence-corrected chi connectivity index (χ2v) is 3.75. The van der Waals surface area contributed by atoms with Crippen LogP contribution in [0.2, 0.25) is 0 Å². The normalized spacial score (nSPS) is 12.2. The molecule has 0 aromatic rings. The molecule has 0 fully saturated rings. The van der Waals surface area contributed by atoms with Crippen LogP contribution in [0.15, 0.2) is 0 Å². The molecule has 0 spiro atoms. The van der Waals surface area contributed by atoms with Gasteiger partial charge in [0.05, 0.1) is 27.1 Å². The highest BCUT2D eigenvalue weighted by Gasteiger charge is 2.11. The number of hydrogen-bond acceptors (Lipinski definition) is 6. The van der Waals surface area contributed by atoms with Crippen molar-refractivity contribution in [3.05, 3.63) is 0 Å². The van der Waals surface area contributed by atoms with E-state index in [0.29, 0.717) is 0 Å². The summed E-state index contributed by atoms with van der Waals surface area (Å²) in [6.45, 7) is -0.0282. The van der Waals surface area contributed by atoms with Crippen LogP contribution in [0.3, 0.4) is 0 Å². The summed E-state index contributed by atoms with van der Waals surface area (Å²) in [5, 5.41) is 0. The summed E-state index contributed by atoms with van der Waals surface area (Å²) in [6.07, 6.45) is -0.0999. The number of nitrogens with zero attached hydrogens (tertiary/aromatic N) is 1. The van der Waals surface area contributed by atoms with Crippen molar-refractivity contribution in [3.8, 4) is 0 Å². The Morgan fingerprint density at radius 1 is 1.12 bits per heavy atom. The van der Waals surface area contributed by atoms with Crippen molar-refractivity contribution in [1.82, 2.24) is 4.31 Å². The zero-order chi connectivity index (χ0) is 12.6. The van der Waals surface area contributed by atoms with Crippen LogP contribution in [0.25, 0.3) is 0 Å². The summed E-state index contributed by atoms with van der Waals surface area (Å²) in [7, 11) is 2.44. The Hall–Kier alpha value is -0.990. The third-order valence-electron chi connectivity index (χ3n) is 1.80. The molecular weight excluding hydrogens is 238 g/mol. The zero-order valence-corrected chi connectivity index (χ0v) is 9.95. The number of carbonyl (C=O) groups excluding carboxylic acids is 2. The molecule has 0 aliphatic carbocycles. The molecule has 8 heteroatoms. The molecule has 0 heterocycles. The van der Waals surface area contributed by atoms with Crippen molar-refractivity contribution >= 4 is 23.2 Å². The van der Waals surface area contributed by atoms with E-state index in [1.165, 1.54) is 14.2 Å². The minimum absolute atomic E-state index is 0.0141. The summed E-state index contributed by atoms with van der Waals surface area (Å²) in [5.74, 6) is -1.01. The van der Waals surface area contributed by atoms with Gasteiger partial charge >= 0.3 is 11.9 Å². The summed E-state index contributed by atoms with van der Waals surface area (Å²) in [5.41, 5.74) is 0. The van der Waals surface area contributed by atoms with Gasteiger partial charge in [0.15, 0.2) is 0 Å². The average molecular weight is 252 g/mol. The van der Waals surface area contributed by atoms with Crippen LogP contribution >= 0.6 is 0 Å². The van der Waals surface area contributed by atoms with Crippen molar-refractivity contribution in [3.63, 3.8) is 0 Å². The minimum atomic E-state index is -2.47. The Kier molecular flexibility index (Phi) is 7.69. The zero-order valence-electron chi connectivity index (χ0n) is 9.13. The second-order valence-electron chi connectivity index (χ2n) is 2.80. The van der Waals surface area contributed by atoms with Crippen molar-refractivity contribution < 1.29 is 27.8 Å². The first-order valence-corrected chi connectivity index (χ1v) is 5.52. The van der Waals surface area contributed by atoms with Crippen molar-refractivity contribution in [2.24, 2.45) is 0 Å². The standard InChI is InChI=1S/C8H15NO6S/c1-14-7(10)3-5-9(16(12)13)6-4-8(11)15-2/h3-6H2,1-2H3,(H,12,13)/p-1. The number of esters is 2. The monoisotopic (exact) mass is 252 g/mol. The lowest BCUT2D eigenvalue weighted by molar-refractivity contribution is -0.140. The van der Waals surface area contributed by atoms with E-state index >= 15 is 0 Å². The van der Waals surface area contributed by atoms with Crippen molar-refractivity contribution in [2.45, 2.75) is 12.8 Å². The van der Waals surface area contributed by atoms with Crippen molar-refractivity contribution in [2.75, 3.05) is 27.3 Å². The summed E-state index contributed by atoms with van der Waals surface area (Å²) in [6, 6.07) is 0. The molecule has 0 rings (SSSR count). The quantitative estimate of drug-likeness (QED) is 0.435. The van der Waals surface area contributed by atoms with Crippen LogP contribution in [0.4, 0.5) is 0 Å². The van der Waals surface area contributed by atoms with Gasteiger partial charge in [-0.25, -0.2) is 4.31 Å². The van der Waals surface area contributed by atoms with E-state index in [4.69, 9.17) is 0 Å². The maximum atomic E-state index is 10.8. The first-order chi connectivity index (χ1) is 7.51. The summed E-state index contributed by atoms with van der Waals surface area (Å²) < 4.78 is 31.1. The van der Waals surface area contributed by atoms with E-state index < -0.39 is 23.2 Å². The van der Waals surface area contributed by atoms with Crippen LogP contribution in [0.5, 0.6) is 0 Å². The molecule has 1 atom stereocenters. The van der Waals surface area contributed by atoms with E-state index in [-0.39, 0.29) is 25.9 Å². The highest BCUT2D eigenvalue weighted by atomic mass is 32.2. The lowest BCUT2D eigenvalue weighted by Gasteiger charge is -2.22. The highest BCUT2D eigenvalue weighted by molar-refractivity contribution is 7.76. The van der Waals surface area contributed by atoms with Crippen molar-refractivity contribution in [1.29, 1.82) is 0 Å². The van der Waals surface area contributed by atoms with Gasteiger partial charge in [0.25, 0.3) is 0 Å². The molecule has 1 unspecified atom stereocenters. The Balaban J connectivity index is 4.03. The Morgan fingerprint density at radius 3 is 1.75 bits per heavy atom. The van der Waals surface area contributed by atoms with Crippen LogP contribution in [-0.4, -0.2) is 52.3 Å². The second kappa shape index (κ2) is 8.20. The number of ether oxygens (including phenoxy) is 2. The molecule has 0 amide bonds. The van der Waals surface area contributed by atoms with Gasteiger partial charge in [0.2, 0.25) is 0 Å². The topological polar surface area (TPSA) is 96.0 Å². The minimum Gasteiger partial charge on any atom is -0.760 e. The van der Waals surface area contributed by atoms with Gasteiger partial charge in [0.1, 0.15) is 0 Å². The Labute approximate surface area is 96.1 Å². The highest BCUT2D eigenvalue weighted by Crippen LogP contribution is 1.99. The number of carbonyl (C=O) groups is 2. The third kappa shape index (κ3) is 6.49. The first-order valence-electron chi connectivity index (χ1n) is 4.49. The molecule has 7 nitrogen and oxygen atoms in total. The predicted octanol–water partition coefficient (Wildman–Crippen LogP) is -0.791. The molecule has 0 bridgehead atoms. The van der Waals surface area contributed by atoms with Gasteiger partial charge in [-0.05, 0) is 0 Å². The molecular formula is C8H14NO6S-. The first kappa shape index (κ1) is 15.0. The maximum absolute atomic E-state index is 10.8. The van der Waals surface area contributed by atoms with E-state index in [2.05, 4.69) is 9.47 Å². The molecule has 0 radical (unpaired) electrons. The maximum Gasteiger partial charge on any atom is 0.306 e. The molecule has 0 aliphatic rings. The fourth-order valence-electron chi connectivity index (χ4n) is 0.897. The fraction of sp³-hybridized carbons (Fsp3) is 0.750. The van der Waals surface area contributed by atoms with E-state index in [1.54, 1.807) is 0 Å². The van der Waals surface area contributed by atoms with Gasteiger partial charge in [-0.1, -0.05) is 0 Å². The smallest absolute Gasteiger partial charge is 0.306 e. The number of hydrogen-bond donors (Lipinski definition) is 0. The summed E-state index contributed by atoms with van der Waals surface area (Å²) >= 11 is -2.47. The number of methoxy groups -OCH3 is 2. The molecule has 0 saturated carbocycles. The van der Waals surface area contributed by atoms with E-state index in [0.717, 1.165) is 4.31 Å². The largest absolute Gasteiger partial charge is 0.760 e. The molecule has 16 heavy (non-hydrogen) atoms. The van der Waals surface area contributed by atoms with Crippen LogP contribution in [-0.2, 0) is 30.3 Å². The van der Waals surface area contributed by atoms with Gasteiger partial charge in [-0.2, -0.15) is 0 Å². The average Bonchev–Trinajstić information content (AvgIpc) is 2.27. The van der Waals surface area contributed by atoms with Crippen LogP contribution in [0, 0.1) is 0 Å². The van der Waals surface area contributed by atoms with E-state index in [1.807, 2.05) is 0 Å². The molecule has 0 aromatic heterocycles. The molecule has 0 aliphatic heterocycles. The molecule has 0 aromatic carbocycles. The van der Waals surface area contributed by atoms with Gasteiger partial charge in [-0.15, -0.1) is 0 Å². The van der Waals surface area contributed by atoms with Gasteiger partial charge in [-0.3, -0.25) is 13.8 Å².